The maximum atomic E-state index is 8.36. The van der Waals surface area contributed by atoms with Crippen LogP contribution in [0.25, 0.3) is 0 Å². The van der Waals surface area contributed by atoms with E-state index < -0.39 is 0 Å². The third kappa shape index (κ3) is 13.4. The fourth-order valence-corrected chi connectivity index (χ4v) is 2.96. The first-order chi connectivity index (χ1) is 16.1. The molecule has 1 aromatic carbocycles. The Bertz CT molecular complexity index is 830. The second kappa shape index (κ2) is 19.3. The molecule has 2 rings (SSSR count). The zero-order valence-corrected chi connectivity index (χ0v) is 22.7. The summed E-state index contributed by atoms with van der Waals surface area (Å²) in [6.45, 7) is 31.8. The van der Waals surface area contributed by atoms with Crippen molar-refractivity contribution in [2.75, 3.05) is 24.5 Å². The van der Waals surface area contributed by atoms with Gasteiger partial charge in [0.15, 0.2) is 0 Å². The molecule has 2 N–H and O–H groups in total. The summed E-state index contributed by atoms with van der Waals surface area (Å²) >= 11 is 0. The van der Waals surface area contributed by atoms with Gasteiger partial charge in [0.2, 0.25) is 0 Å². The van der Waals surface area contributed by atoms with Crippen LogP contribution in [0.5, 0.6) is 0 Å². The van der Waals surface area contributed by atoms with Gasteiger partial charge in [-0.25, -0.2) is 0 Å². The first-order valence-corrected chi connectivity index (χ1v) is 11.8. The number of carbonyl (C=O) groups is 1. The summed E-state index contributed by atoms with van der Waals surface area (Å²) < 4.78 is 0. The Morgan fingerprint density at radius 1 is 1.03 bits per heavy atom. The Hall–Kier alpha value is -3.21. The standard InChI is InChI=1S/C22H31N3.C4H8.C2H6.CH2O2/c1-7-23-20(6)24-14-15-25(19(5)18(4)13-12-17(2)3)22-11-9-8-10-21(22)16-24;1-4(2)3;1-2;2-1-3/h8-13,23H,5-7,14-16H2,1-4H3;1H2,2-3H3;1-2H3;1H,(H,2,3)/b18-13+;;;. The van der Waals surface area contributed by atoms with Crippen molar-refractivity contribution in [2.45, 2.75) is 61.9 Å². The number of anilines is 1. The van der Waals surface area contributed by atoms with E-state index in [-0.39, 0.29) is 6.47 Å². The van der Waals surface area contributed by atoms with Gasteiger partial charge >= 0.3 is 0 Å². The fourth-order valence-electron chi connectivity index (χ4n) is 2.96. The normalized spacial score (nSPS) is 11.9. The number of hydrogen-bond donors (Lipinski definition) is 2. The predicted octanol–water partition coefficient (Wildman–Crippen LogP) is 7.12. The molecule has 5 nitrogen and oxygen atoms in total. The van der Waals surface area contributed by atoms with Crippen LogP contribution in [0.3, 0.4) is 0 Å². The Balaban J connectivity index is 0. The quantitative estimate of drug-likeness (QED) is 0.264. The Morgan fingerprint density at radius 3 is 2.06 bits per heavy atom. The Kier molecular flexibility index (Phi) is 18.7. The monoisotopic (exact) mass is 469 g/mol. The van der Waals surface area contributed by atoms with Crippen molar-refractivity contribution in [3.63, 3.8) is 0 Å². The zero-order chi connectivity index (χ0) is 26.7. The highest BCUT2D eigenvalue weighted by Gasteiger charge is 2.22. The molecule has 0 spiro atoms. The number of carboxylic acid groups (broad SMARTS) is 1. The molecule has 0 atom stereocenters. The van der Waals surface area contributed by atoms with E-state index >= 15 is 0 Å². The number of benzene rings is 1. The molecule has 0 saturated carbocycles. The van der Waals surface area contributed by atoms with Gasteiger partial charge in [0.05, 0.1) is 5.82 Å². The molecule has 1 aliphatic rings. The largest absolute Gasteiger partial charge is 0.483 e. The van der Waals surface area contributed by atoms with Crippen LogP contribution in [0.2, 0.25) is 0 Å². The van der Waals surface area contributed by atoms with E-state index in [4.69, 9.17) is 9.90 Å². The van der Waals surface area contributed by atoms with Crippen LogP contribution in [0, 0.1) is 0 Å². The molecule has 0 amide bonds. The van der Waals surface area contributed by atoms with Gasteiger partial charge in [-0.15, -0.1) is 6.58 Å². The smallest absolute Gasteiger partial charge is 0.290 e. The molecular weight excluding hydrogens is 422 g/mol. The van der Waals surface area contributed by atoms with E-state index in [1.807, 2.05) is 27.7 Å². The molecule has 1 aromatic rings. The molecular formula is C29H47N3O2. The van der Waals surface area contributed by atoms with E-state index in [2.05, 4.69) is 99.0 Å². The molecule has 0 bridgehead atoms. The lowest BCUT2D eigenvalue weighted by Gasteiger charge is -2.28. The minimum atomic E-state index is -0.250. The van der Waals surface area contributed by atoms with Crippen molar-refractivity contribution in [3.05, 3.63) is 90.0 Å². The van der Waals surface area contributed by atoms with E-state index in [1.165, 1.54) is 28.0 Å². The van der Waals surface area contributed by atoms with Crippen LogP contribution in [0.15, 0.2) is 84.4 Å². The van der Waals surface area contributed by atoms with Crippen molar-refractivity contribution < 1.29 is 9.90 Å². The lowest BCUT2D eigenvalue weighted by molar-refractivity contribution is -0.122. The third-order valence-corrected chi connectivity index (χ3v) is 4.45. The van der Waals surface area contributed by atoms with Gasteiger partial charge in [-0.2, -0.15) is 0 Å². The second-order valence-electron chi connectivity index (χ2n) is 8.03. The van der Waals surface area contributed by atoms with E-state index in [0.29, 0.717) is 0 Å². The highest BCUT2D eigenvalue weighted by atomic mass is 16.3. The average molecular weight is 470 g/mol. The summed E-state index contributed by atoms with van der Waals surface area (Å²) in [6.07, 6.45) is 4.30. The van der Waals surface area contributed by atoms with Gasteiger partial charge in [-0.3, -0.25) is 4.79 Å². The SMILES string of the molecule is C=C(C)C.C=C(NCC)N1CCN(C(=C)/C(C)=C/C=C(C)C)c2ccccc2C1.CC.O=CO. The summed E-state index contributed by atoms with van der Waals surface area (Å²) in [5.41, 5.74) is 7.24. The van der Waals surface area contributed by atoms with Crippen LogP contribution in [0.4, 0.5) is 5.69 Å². The van der Waals surface area contributed by atoms with Crippen LogP contribution in [-0.4, -0.2) is 36.1 Å². The first kappa shape index (κ1) is 33.0. The molecule has 0 unspecified atom stereocenters. The number of para-hydroxylation sites is 1. The molecule has 0 fully saturated rings. The molecule has 0 aliphatic carbocycles. The van der Waals surface area contributed by atoms with Gasteiger partial charge in [0, 0.05) is 37.6 Å². The number of nitrogens with zero attached hydrogens (tertiary/aromatic N) is 2. The summed E-state index contributed by atoms with van der Waals surface area (Å²) in [5, 5.41) is 10.2. The number of allylic oxidation sites excluding steroid dienone is 5. The Labute approximate surface area is 208 Å². The molecule has 1 heterocycles. The topological polar surface area (TPSA) is 55.8 Å². The van der Waals surface area contributed by atoms with Crippen LogP contribution < -0.4 is 10.2 Å². The minimum Gasteiger partial charge on any atom is -0.483 e. The maximum Gasteiger partial charge on any atom is 0.290 e. The predicted molar refractivity (Wildman–Crippen MR) is 150 cm³/mol. The van der Waals surface area contributed by atoms with Crippen LogP contribution >= 0.6 is 0 Å². The number of hydrogen-bond acceptors (Lipinski definition) is 4. The van der Waals surface area contributed by atoms with Crippen molar-refractivity contribution in [1.29, 1.82) is 0 Å². The molecule has 1 aliphatic heterocycles. The number of fused-ring (bicyclic) bond motifs is 1. The van der Waals surface area contributed by atoms with E-state index in [0.717, 1.165) is 37.7 Å². The summed E-state index contributed by atoms with van der Waals surface area (Å²) in [6, 6.07) is 8.59. The summed E-state index contributed by atoms with van der Waals surface area (Å²) in [5.74, 6) is 0.988. The van der Waals surface area contributed by atoms with Gasteiger partial charge in [0.1, 0.15) is 0 Å². The van der Waals surface area contributed by atoms with Crippen LogP contribution in [0.1, 0.15) is 61.0 Å². The molecule has 190 valence electrons. The van der Waals surface area contributed by atoms with Gasteiger partial charge in [-0.05, 0) is 58.7 Å². The molecule has 0 aromatic heterocycles. The third-order valence-electron chi connectivity index (χ3n) is 4.45. The van der Waals surface area contributed by atoms with Crippen LogP contribution in [-0.2, 0) is 11.3 Å². The van der Waals surface area contributed by atoms with Crippen molar-refractivity contribution in [2.24, 2.45) is 0 Å². The van der Waals surface area contributed by atoms with E-state index in [9.17, 15) is 0 Å². The van der Waals surface area contributed by atoms with Crippen molar-refractivity contribution in [1.82, 2.24) is 10.2 Å². The first-order valence-electron chi connectivity index (χ1n) is 11.8. The highest BCUT2D eigenvalue weighted by molar-refractivity contribution is 5.61. The van der Waals surface area contributed by atoms with Gasteiger partial charge in [0.25, 0.3) is 6.47 Å². The fraction of sp³-hybridized carbons (Fsp3) is 0.414. The number of nitrogens with one attached hydrogen (secondary N) is 1. The minimum absolute atomic E-state index is 0.250. The summed E-state index contributed by atoms with van der Waals surface area (Å²) in [7, 11) is 0. The van der Waals surface area contributed by atoms with Crippen molar-refractivity contribution in [3.8, 4) is 0 Å². The van der Waals surface area contributed by atoms with Gasteiger partial charge in [-0.1, -0.05) is 68.5 Å². The average Bonchev–Trinajstić information content (AvgIpc) is 2.98. The van der Waals surface area contributed by atoms with E-state index in [1.54, 1.807) is 0 Å². The molecule has 0 saturated heterocycles. The molecule has 0 radical (unpaired) electrons. The second-order valence-corrected chi connectivity index (χ2v) is 8.03. The number of rotatable bonds is 6. The van der Waals surface area contributed by atoms with Crippen molar-refractivity contribution >= 4 is 12.2 Å². The summed E-state index contributed by atoms with van der Waals surface area (Å²) in [4.78, 5) is 13.0. The van der Waals surface area contributed by atoms with Gasteiger partial charge < -0.3 is 20.2 Å². The maximum absolute atomic E-state index is 8.36. The Morgan fingerprint density at radius 2 is 1.56 bits per heavy atom. The highest BCUT2D eigenvalue weighted by Crippen LogP contribution is 2.30. The lowest BCUT2D eigenvalue weighted by atomic mass is 10.1. The molecule has 34 heavy (non-hydrogen) atoms. The lowest BCUT2D eigenvalue weighted by Crippen LogP contribution is -2.34. The zero-order valence-electron chi connectivity index (χ0n) is 22.7. The molecule has 5 heteroatoms.